The molecule has 23 heavy (non-hydrogen) atoms. The molecule has 6 nitrogen and oxygen atoms in total. The second-order valence-electron chi connectivity index (χ2n) is 4.38. The molecule has 0 aliphatic rings. The molecule has 0 aliphatic carbocycles. The van der Waals surface area contributed by atoms with E-state index in [-0.39, 0.29) is 24.2 Å². The fourth-order valence-electron chi connectivity index (χ4n) is 1.57. The van der Waals surface area contributed by atoms with Crippen LogP contribution in [-0.2, 0) is 15.8 Å². The molecule has 0 aromatic heterocycles. The quantitative estimate of drug-likeness (QED) is 0.683. The average Bonchev–Trinajstić information content (AvgIpc) is 2.45. The summed E-state index contributed by atoms with van der Waals surface area (Å²) in [5.74, 6) is -3.25. The van der Waals surface area contributed by atoms with Crippen molar-refractivity contribution in [3.05, 3.63) is 29.3 Å². The fourth-order valence-corrected chi connectivity index (χ4v) is 1.64. The van der Waals surface area contributed by atoms with Crippen molar-refractivity contribution in [2.24, 2.45) is 0 Å². The second kappa shape index (κ2) is 7.82. The van der Waals surface area contributed by atoms with Crippen LogP contribution >= 0.6 is 11.6 Å². The van der Waals surface area contributed by atoms with Gasteiger partial charge in [0.25, 0.3) is 5.91 Å². The molecule has 1 aromatic rings. The summed E-state index contributed by atoms with van der Waals surface area (Å²) in [5.41, 5.74) is -1.74. The number of anilines is 1. The lowest BCUT2D eigenvalue weighted by atomic mass is 10.1. The highest BCUT2D eigenvalue weighted by molar-refractivity contribution is 6.29. The van der Waals surface area contributed by atoms with E-state index in [2.05, 4.69) is 10.6 Å². The van der Waals surface area contributed by atoms with Crippen LogP contribution in [0.25, 0.3) is 0 Å². The van der Waals surface area contributed by atoms with Crippen LogP contribution < -0.4 is 10.6 Å². The summed E-state index contributed by atoms with van der Waals surface area (Å²) in [6, 6.07) is 2.31. The molecule has 0 heterocycles. The summed E-state index contributed by atoms with van der Waals surface area (Å²) in [6.45, 7) is -0.242. The van der Waals surface area contributed by atoms with E-state index in [1.807, 2.05) is 0 Å². The highest BCUT2D eigenvalue weighted by Gasteiger charge is 2.32. The average molecular weight is 353 g/mol. The Bertz CT molecular complexity index is 620. The van der Waals surface area contributed by atoms with Crippen molar-refractivity contribution in [3.63, 3.8) is 0 Å². The van der Waals surface area contributed by atoms with Crippen LogP contribution in [0.3, 0.4) is 0 Å². The summed E-state index contributed by atoms with van der Waals surface area (Å²) in [7, 11) is 0. The summed E-state index contributed by atoms with van der Waals surface area (Å²) < 4.78 is 38.5. The van der Waals surface area contributed by atoms with Gasteiger partial charge in [0.1, 0.15) is 5.88 Å². The molecule has 0 aliphatic heterocycles. The van der Waals surface area contributed by atoms with Crippen molar-refractivity contribution in [2.75, 3.05) is 17.7 Å². The number of rotatable bonds is 6. The van der Waals surface area contributed by atoms with Crippen LogP contribution in [0.15, 0.2) is 18.2 Å². The molecule has 126 valence electrons. The van der Waals surface area contributed by atoms with E-state index in [1.165, 1.54) is 0 Å². The lowest BCUT2D eigenvalue weighted by molar-refractivity contribution is -0.138. The van der Waals surface area contributed by atoms with Crippen molar-refractivity contribution < 1.29 is 32.7 Å². The largest absolute Gasteiger partial charge is 0.481 e. The van der Waals surface area contributed by atoms with Gasteiger partial charge in [-0.2, -0.15) is 13.2 Å². The van der Waals surface area contributed by atoms with E-state index in [4.69, 9.17) is 16.7 Å². The fraction of sp³-hybridized carbons (Fsp3) is 0.308. The maximum absolute atomic E-state index is 12.8. The SMILES string of the molecule is O=C(O)CCNC(=O)c1cc(NC(=O)CCl)cc(C(F)(F)F)c1. The molecule has 1 aromatic carbocycles. The van der Waals surface area contributed by atoms with Crippen molar-refractivity contribution in [2.45, 2.75) is 12.6 Å². The number of carbonyl (C=O) groups excluding carboxylic acids is 2. The van der Waals surface area contributed by atoms with Gasteiger partial charge in [-0.1, -0.05) is 0 Å². The first-order valence-electron chi connectivity index (χ1n) is 6.21. The number of carboxylic acids is 1. The number of amides is 2. The van der Waals surface area contributed by atoms with E-state index >= 15 is 0 Å². The summed E-state index contributed by atoms with van der Waals surface area (Å²) in [4.78, 5) is 33.3. The Hall–Kier alpha value is -2.29. The minimum atomic E-state index is -4.72. The molecule has 0 radical (unpaired) electrons. The number of benzene rings is 1. The summed E-state index contributed by atoms with van der Waals surface area (Å²) in [6.07, 6.45) is -5.10. The maximum Gasteiger partial charge on any atom is 0.416 e. The first-order chi connectivity index (χ1) is 10.6. The Labute approximate surface area is 133 Å². The number of nitrogens with one attached hydrogen (secondary N) is 2. The molecule has 0 saturated carbocycles. The number of aliphatic carboxylic acids is 1. The number of carboxylic acid groups (broad SMARTS) is 1. The molecule has 10 heteroatoms. The third-order valence-electron chi connectivity index (χ3n) is 2.55. The van der Waals surface area contributed by atoms with Crippen LogP contribution in [-0.4, -0.2) is 35.3 Å². The minimum Gasteiger partial charge on any atom is -0.481 e. The van der Waals surface area contributed by atoms with E-state index in [0.717, 1.165) is 6.07 Å². The Morgan fingerprint density at radius 1 is 1.17 bits per heavy atom. The van der Waals surface area contributed by atoms with Crippen molar-refractivity contribution in [1.82, 2.24) is 5.32 Å². The molecule has 0 atom stereocenters. The van der Waals surface area contributed by atoms with Crippen molar-refractivity contribution in [1.29, 1.82) is 0 Å². The van der Waals surface area contributed by atoms with Gasteiger partial charge < -0.3 is 15.7 Å². The van der Waals surface area contributed by atoms with Gasteiger partial charge in [0.2, 0.25) is 5.91 Å². The monoisotopic (exact) mass is 352 g/mol. The highest BCUT2D eigenvalue weighted by atomic mass is 35.5. The van der Waals surface area contributed by atoms with Crippen LogP contribution in [0.1, 0.15) is 22.3 Å². The number of hydrogen-bond donors (Lipinski definition) is 3. The van der Waals surface area contributed by atoms with Gasteiger partial charge >= 0.3 is 12.1 Å². The molecule has 3 N–H and O–H groups in total. The van der Waals surface area contributed by atoms with E-state index < -0.39 is 35.4 Å². The van der Waals surface area contributed by atoms with E-state index in [9.17, 15) is 27.6 Å². The smallest absolute Gasteiger partial charge is 0.416 e. The van der Waals surface area contributed by atoms with Gasteiger partial charge in [-0.25, -0.2) is 0 Å². The highest BCUT2D eigenvalue weighted by Crippen LogP contribution is 2.32. The molecule has 0 spiro atoms. The topological polar surface area (TPSA) is 95.5 Å². The van der Waals surface area contributed by atoms with Crippen LogP contribution in [0.4, 0.5) is 18.9 Å². The number of hydrogen-bond acceptors (Lipinski definition) is 3. The van der Waals surface area contributed by atoms with Gasteiger partial charge in [-0.05, 0) is 18.2 Å². The van der Waals surface area contributed by atoms with Gasteiger partial charge in [-0.15, -0.1) is 11.6 Å². The van der Waals surface area contributed by atoms with Crippen LogP contribution in [0.5, 0.6) is 0 Å². The van der Waals surface area contributed by atoms with Gasteiger partial charge in [0.05, 0.1) is 12.0 Å². The molecule has 0 saturated heterocycles. The maximum atomic E-state index is 12.8. The molecule has 0 fully saturated rings. The third kappa shape index (κ3) is 6.15. The van der Waals surface area contributed by atoms with E-state index in [0.29, 0.717) is 12.1 Å². The molecular weight excluding hydrogens is 341 g/mol. The predicted octanol–water partition coefficient (Wildman–Crippen LogP) is 2.09. The lowest BCUT2D eigenvalue weighted by Gasteiger charge is -2.12. The second-order valence-corrected chi connectivity index (χ2v) is 4.65. The summed E-state index contributed by atoms with van der Waals surface area (Å²) in [5, 5.41) is 12.8. The first-order valence-corrected chi connectivity index (χ1v) is 6.75. The Balaban J connectivity index is 3.05. The van der Waals surface area contributed by atoms with Crippen LogP contribution in [0, 0.1) is 0 Å². The Kier molecular flexibility index (Phi) is 6.38. The molecule has 0 unspecified atom stereocenters. The standard InChI is InChI=1S/C13H12ClF3N2O4/c14-6-10(20)19-9-4-7(3-8(5-9)13(15,16)17)12(23)18-2-1-11(21)22/h3-5H,1-2,6H2,(H,18,23)(H,19,20)(H,21,22). The Morgan fingerprint density at radius 3 is 2.35 bits per heavy atom. The number of halogens is 4. The number of carbonyl (C=O) groups is 3. The van der Waals surface area contributed by atoms with Gasteiger partial charge in [-0.3, -0.25) is 14.4 Å². The van der Waals surface area contributed by atoms with Crippen LogP contribution in [0.2, 0.25) is 0 Å². The zero-order valence-electron chi connectivity index (χ0n) is 11.5. The zero-order valence-corrected chi connectivity index (χ0v) is 12.3. The van der Waals surface area contributed by atoms with Crippen molar-refractivity contribution in [3.8, 4) is 0 Å². The summed E-state index contributed by atoms with van der Waals surface area (Å²) >= 11 is 5.26. The zero-order chi connectivity index (χ0) is 17.6. The van der Waals surface area contributed by atoms with Crippen molar-refractivity contribution >= 4 is 35.1 Å². The molecular formula is C13H12ClF3N2O4. The lowest BCUT2D eigenvalue weighted by Crippen LogP contribution is -2.26. The number of alkyl halides is 4. The minimum absolute atomic E-state index is 0.242. The molecule has 0 bridgehead atoms. The van der Waals surface area contributed by atoms with Gasteiger partial charge in [0.15, 0.2) is 0 Å². The normalized spacial score (nSPS) is 11.0. The predicted molar refractivity (Wildman–Crippen MR) is 75.4 cm³/mol. The van der Waals surface area contributed by atoms with Gasteiger partial charge in [0, 0.05) is 17.8 Å². The van der Waals surface area contributed by atoms with E-state index in [1.54, 1.807) is 0 Å². The molecule has 1 rings (SSSR count). The third-order valence-corrected chi connectivity index (χ3v) is 2.79. The molecule has 2 amide bonds. The first kappa shape index (κ1) is 18.8. The Morgan fingerprint density at radius 2 is 1.83 bits per heavy atom.